The minimum Gasteiger partial charge on any atom is -0.349 e. The van der Waals surface area contributed by atoms with Crippen LogP contribution >= 0.6 is 0 Å². The summed E-state index contributed by atoms with van der Waals surface area (Å²) in [5.41, 5.74) is 5.32. The van der Waals surface area contributed by atoms with Crippen LogP contribution in [0.25, 0.3) is 0 Å². The number of aromatic nitrogens is 2. The van der Waals surface area contributed by atoms with Gasteiger partial charge in [-0.05, 0) is 19.4 Å². The fourth-order valence-electron chi connectivity index (χ4n) is 1.10. The van der Waals surface area contributed by atoms with Crippen molar-refractivity contribution in [3.05, 3.63) is 18.2 Å². The third-order valence-corrected chi connectivity index (χ3v) is 1.87. The molecule has 0 radical (unpaired) electrons. The molecule has 1 heterocycles. The van der Waals surface area contributed by atoms with E-state index in [0.29, 0.717) is 19.5 Å². The predicted octanol–water partition coefficient (Wildman–Crippen LogP) is 0.155. The Morgan fingerprint density at radius 2 is 2.43 bits per heavy atom. The minimum absolute atomic E-state index is 0.0508. The van der Waals surface area contributed by atoms with Crippen LogP contribution < -0.4 is 11.1 Å². The SMILES string of the molecule is NCCCCC(=O)NCc1ncc[nH]1. The third kappa shape index (κ3) is 4.04. The molecule has 5 nitrogen and oxygen atoms in total. The second kappa shape index (κ2) is 6.15. The summed E-state index contributed by atoms with van der Waals surface area (Å²) < 4.78 is 0. The molecule has 1 amide bonds. The molecule has 0 aliphatic carbocycles. The quantitative estimate of drug-likeness (QED) is 0.566. The normalized spacial score (nSPS) is 10.1. The van der Waals surface area contributed by atoms with Gasteiger partial charge in [-0.2, -0.15) is 0 Å². The van der Waals surface area contributed by atoms with E-state index in [1.54, 1.807) is 12.4 Å². The van der Waals surface area contributed by atoms with Crippen LogP contribution in [0.2, 0.25) is 0 Å². The minimum atomic E-state index is 0.0508. The lowest BCUT2D eigenvalue weighted by Crippen LogP contribution is -2.23. The molecule has 0 aliphatic rings. The van der Waals surface area contributed by atoms with E-state index in [4.69, 9.17) is 5.73 Å². The first-order valence-corrected chi connectivity index (χ1v) is 4.78. The molecule has 1 rings (SSSR count). The van der Waals surface area contributed by atoms with Crippen molar-refractivity contribution >= 4 is 5.91 Å². The van der Waals surface area contributed by atoms with E-state index < -0.39 is 0 Å². The van der Waals surface area contributed by atoms with Gasteiger partial charge in [-0.1, -0.05) is 0 Å². The van der Waals surface area contributed by atoms with Crippen LogP contribution in [0, 0.1) is 0 Å². The van der Waals surface area contributed by atoms with Crippen LogP contribution in [-0.2, 0) is 11.3 Å². The van der Waals surface area contributed by atoms with Gasteiger partial charge in [0, 0.05) is 18.8 Å². The zero-order chi connectivity index (χ0) is 10.2. The average Bonchev–Trinajstić information content (AvgIpc) is 2.68. The van der Waals surface area contributed by atoms with Crippen molar-refractivity contribution in [3.8, 4) is 0 Å². The topological polar surface area (TPSA) is 83.8 Å². The molecular formula is C9H16N4O. The third-order valence-electron chi connectivity index (χ3n) is 1.87. The molecule has 1 aromatic rings. The largest absolute Gasteiger partial charge is 0.349 e. The molecule has 5 heteroatoms. The fraction of sp³-hybridized carbons (Fsp3) is 0.556. The average molecular weight is 196 g/mol. The zero-order valence-electron chi connectivity index (χ0n) is 8.12. The van der Waals surface area contributed by atoms with E-state index in [-0.39, 0.29) is 5.91 Å². The molecule has 0 saturated heterocycles. The molecule has 0 unspecified atom stereocenters. The number of unbranched alkanes of at least 4 members (excludes halogenated alkanes) is 1. The van der Waals surface area contributed by atoms with Crippen molar-refractivity contribution in [1.82, 2.24) is 15.3 Å². The van der Waals surface area contributed by atoms with Gasteiger partial charge in [-0.15, -0.1) is 0 Å². The zero-order valence-corrected chi connectivity index (χ0v) is 8.12. The Kier molecular flexibility index (Phi) is 4.71. The highest BCUT2D eigenvalue weighted by Crippen LogP contribution is 1.94. The number of carbonyl (C=O) groups is 1. The van der Waals surface area contributed by atoms with Crippen LogP contribution in [0.15, 0.2) is 12.4 Å². The summed E-state index contributed by atoms with van der Waals surface area (Å²) >= 11 is 0. The smallest absolute Gasteiger partial charge is 0.220 e. The van der Waals surface area contributed by atoms with E-state index in [9.17, 15) is 4.79 Å². The summed E-state index contributed by atoms with van der Waals surface area (Å²) in [5, 5.41) is 2.77. The Hall–Kier alpha value is -1.36. The predicted molar refractivity (Wildman–Crippen MR) is 53.3 cm³/mol. The highest BCUT2D eigenvalue weighted by molar-refractivity contribution is 5.75. The number of nitrogens with zero attached hydrogens (tertiary/aromatic N) is 1. The molecule has 0 fully saturated rings. The Labute approximate surface area is 83.1 Å². The maximum Gasteiger partial charge on any atom is 0.220 e. The number of rotatable bonds is 6. The second-order valence-electron chi connectivity index (χ2n) is 3.06. The molecule has 78 valence electrons. The lowest BCUT2D eigenvalue weighted by atomic mass is 10.2. The van der Waals surface area contributed by atoms with Crippen molar-refractivity contribution < 1.29 is 4.79 Å². The van der Waals surface area contributed by atoms with Gasteiger partial charge in [0.05, 0.1) is 6.54 Å². The molecule has 0 spiro atoms. The lowest BCUT2D eigenvalue weighted by molar-refractivity contribution is -0.121. The Balaban J connectivity index is 2.09. The summed E-state index contributed by atoms with van der Waals surface area (Å²) in [6.45, 7) is 1.11. The molecule has 0 aromatic carbocycles. The van der Waals surface area contributed by atoms with Gasteiger partial charge in [0.25, 0.3) is 0 Å². The van der Waals surface area contributed by atoms with Crippen LogP contribution in [0.1, 0.15) is 25.1 Å². The Bertz CT molecular complexity index is 258. The van der Waals surface area contributed by atoms with Crippen LogP contribution in [0.5, 0.6) is 0 Å². The summed E-state index contributed by atoms with van der Waals surface area (Å²) in [4.78, 5) is 18.1. The number of amides is 1. The van der Waals surface area contributed by atoms with E-state index in [1.165, 1.54) is 0 Å². The van der Waals surface area contributed by atoms with Gasteiger partial charge in [-0.25, -0.2) is 4.98 Å². The van der Waals surface area contributed by atoms with Crippen LogP contribution in [-0.4, -0.2) is 22.4 Å². The highest BCUT2D eigenvalue weighted by Gasteiger charge is 2.01. The lowest BCUT2D eigenvalue weighted by Gasteiger charge is -2.02. The number of imidazole rings is 1. The van der Waals surface area contributed by atoms with Crippen molar-refractivity contribution in [2.75, 3.05) is 6.54 Å². The molecule has 0 bridgehead atoms. The molecule has 4 N–H and O–H groups in total. The number of nitrogens with one attached hydrogen (secondary N) is 2. The van der Waals surface area contributed by atoms with Crippen molar-refractivity contribution in [2.45, 2.75) is 25.8 Å². The number of H-pyrrole nitrogens is 1. The van der Waals surface area contributed by atoms with E-state index in [0.717, 1.165) is 18.7 Å². The molecule has 0 aliphatic heterocycles. The van der Waals surface area contributed by atoms with Crippen LogP contribution in [0.4, 0.5) is 0 Å². The molecule has 0 atom stereocenters. The summed E-state index contributed by atoms with van der Waals surface area (Å²) in [5.74, 6) is 0.826. The van der Waals surface area contributed by atoms with Gasteiger partial charge in [0.1, 0.15) is 5.82 Å². The number of aromatic amines is 1. The Morgan fingerprint density at radius 3 is 3.07 bits per heavy atom. The Morgan fingerprint density at radius 1 is 1.57 bits per heavy atom. The van der Waals surface area contributed by atoms with Gasteiger partial charge in [-0.3, -0.25) is 4.79 Å². The van der Waals surface area contributed by atoms with Gasteiger partial charge in [0.15, 0.2) is 0 Å². The highest BCUT2D eigenvalue weighted by atomic mass is 16.1. The molecular weight excluding hydrogens is 180 g/mol. The molecule has 0 saturated carbocycles. The first kappa shape index (κ1) is 10.7. The van der Waals surface area contributed by atoms with E-state index in [1.807, 2.05) is 0 Å². The summed E-state index contributed by atoms with van der Waals surface area (Å²) in [7, 11) is 0. The van der Waals surface area contributed by atoms with Crippen molar-refractivity contribution in [1.29, 1.82) is 0 Å². The van der Waals surface area contributed by atoms with Crippen molar-refractivity contribution in [3.63, 3.8) is 0 Å². The number of nitrogens with two attached hydrogens (primary N) is 1. The monoisotopic (exact) mass is 196 g/mol. The van der Waals surface area contributed by atoms with Gasteiger partial charge < -0.3 is 16.0 Å². The molecule has 1 aromatic heterocycles. The molecule has 14 heavy (non-hydrogen) atoms. The van der Waals surface area contributed by atoms with E-state index >= 15 is 0 Å². The second-order valence-corrected chi connectivity index (χ2v) is 3.06. The van der Waals surface area contributed by atoms with Gasteiger partial charge in [0.2, 0.25) is 5.91 Å². The summed E-state index contributed by atoms with van der Waals surface area (Å²) in [6, 6.07) is 0. The van der Waals surface area contributed by atoms with Crippen molar-refractivity contribution in [2.24, 2.45) is 5.73 Å². The van der Waals surface area contributed by atoms with Gasteiger partial charge >= 0.3 is 0 Å². The maximum absolute atomic E-state index is 11.2. The first-order valence-electron chi connectivity index (χ1n) is 4.78. The maximum atomic E-state index is 11.2. The standard InChI is InChI=1S/C9H16N4O/c10-4-2-1-3-9(14)13-7-8-11-5-6-12-8/h5-6H,1-4,7,10H2,(H,11,12)(H,13,14). The summed E-state index contributed by atoms with van der Waals surface area (Å²) in [6.07, 6.45) is 5.68. The van der Waals surface area contributed by atoms with Crippen LogP contribution in [0.3, 0.4) is 0 Å². The fourth-order valence-corrected chi connectivity index (χ4v) is 1.10. The first-order chi connectivity index (χ1) is 6.83. The van der Waals surface area contributed by atoms with E-state index in [2.05, 4.69) is 15.3 Å². The number of hydrogen-bond donors (Lipinski definition) is 3. The number of hydrogen-bond acceptors (Lipinski definition) is 3. The number of carbonyl (C=O) groups excluding carboxylic acids is 1.